The molecule has 0 saturated heterocycles. The summed E-state index contributed by atoms with van der Waals surface area (Å²) in [4.78, 5) is 30.8. The van der Waals surface area contributed by atoms with Gasteiger partial charge in [-0.2, -0.15) is 0 Å². The van der Waals surface area contributed by atoms with Crippen molar-refractivity contribution in [3.8, 4) is 11.3 Å². The molecule has 2 heterocycles. The summed E-state index contributed by atoms with van der Waals surface area (Å²) in [6, 6.07) is 1.67. The number of anilines is 1. The zero-order chi connectivity index (χ0) is 16.0. The largest absolute Gasteiger partial charge is 0.364 e. The van der Waals surface area contributed by atoms with Gasteiger partial charge in [0.2, 0.25) is 5.91 Å². The molecule has 2 aliphatic carbocycles. The van der Waals surface area contributed by atoms with Crippen molar-refractivity contribution in [1.29, 1.82) is 0 Å². The molecule has 0 aromatic carbocycles. The number of amides is 2. The number of nitrogens with zero attached hydrogens (tertiary/aromatic N) is 1. The minimum atomic E-state index is -0.503. The number of hydrogen-bond acceptors (Lipinski definition) is 4. The topological polar surface area (TPSA) is 101 Å². The lowest BCUT2D eigenvalue weighted by Gasteiger charge is -2.19. The third-order valence-corrected chi connectivity index (χ3v) is 5.81. The molecular formula is C16H18N4O2S. The van der Waals surface area contributed by atoms with E-state index in [2.05, 4.69) is 15.3 Å². The highest BCUT2D eigenvalue weighted by Crippen LogP contribution is 2.48. The van der Waals surface area contributed by atoms with Crippen molar-refractivity contribution in [3.63, 3.8) is 0 Å². The van der Waals surface area contributed by atoms with Gasteiger partial charge in [0.05, 0.1) is 5.69 Å². The molecule has 120 valence electrons. The molecule has 2 bridgehead atoms. The third kappa shape index (κ3) is 2.65. The maximum atomic E-state index is 12.4. The van der Waals surface area contributed by atoms with Crippen LogP contribution in [0.1, 0.15) is 36.2 Å². The number of aromatic nitrogens is 2. The Balaban J connectivity index is 1.45. The van der Waals surface area contributed by atoms with Crippen LogP contribution in [0.5, 0.6) is 0 Å². The van der Waals surface area contributed by atoms with Crippen LogP contribution in [0.3, 0.4) is 0 Å². The molecule has 2 aliphatic rings. The lowest BCUT2D eigenvalue weighted by Crippen LogP contribution is -2.27. The molecule has 6 nitrogen and oxygen atoms in total. The average Bonchev–Trinajstić information content (AvgIpc) is 3.29. The Hall–Kier alpha value is -2.15. The van der Waals surface area contributed by atoms with Crippen molar-refractivity contribution < 1.29 is 9.59 Å². The maximum Gasteiger partial charge on any atom is 0.265 e. The summed E-state index contributed by atoms with van der Waals surface area (Å²) in [6.45, 7) is 0. The van der Waals surface area contributed by atoms with Gasteiger partial charge < -0.3 is 16.0 Å². The zero-order valence-corrected chi connectivity index (χ0v) is 13.4. The van der Waals surface area contributed by atoms with Crippen LogP contribution in [0.4, 0.5) is 5.13 Å². The fraction of sp³-hybridized carbons (Fsp3) is 0.438. The van der Waals surface area contributed by atoms with Gasteiger partial charge in [-0.15, -0.1) is 11.3 Å². The lowest BCUT2D eigenvalue weighted by atomic mass is 9.88. The van der Waals surface area contributed by atoms with E-state index >= 15 is 0 Å². The first-order chi connectivity index (χ1) is 11.1. The second-order valence-electron chi connectivity index (χ2n) is 6.47. The monoisotopic (exact) mass is 330 g/mol. The van der Waals surface area contributed by atoms with E-state index in [1.165, 1.54) is 30.6 Å². The van der Waals surface area contributed by atoms with Gasteiger partial charge in [0.25, 0.3) is 5.91 Å². The molecule has 2 aromatic rings. The Morgan fingerprint density at radius 2 is 2.22 bits per heavy atom. The van der Waals surface area contributed by atoms with Crippen molar-refractivity contribution in [3.05, 3.63) is 23.3 Å². The second kappa shape index (κ2) is 5.49. The summed E-state index contributed by atoms with van der Waals surface area (Å²) in [6.07, 6.45) is 6.39. The van der Waals surface area contributed by atoms with E-state index in [1.807, 2.05) is 5.38 Å². The molecule has 3 unspecified atom stereocenters. The summed E-state index contributed by atoms with van der Waals surface area (Å²) in [5, 5.41) is 5.43. The highest BCUT2D eigenvalue weighted by atomic mass is 32.1. The molecule has 23 heavy (non-hydrogen) atoms. The van der Waals surface area contributed by atoms with Gasteiger partial charge in [0.15, 0.2) is 5.13 Å². The van der Waals surface area contributed by atoms with Crippen LogP contribution in [0.15, 0.2) is 17.6 Å². The Bertz CT molecular complexity index is 766. The number of thiazole rings is 1. The SMILES string of the molecule is NC(=O)c1cc(-c2csc(NC(=O)C3CC4CCC3C4)n2)c[nH]1. The fourth-order valence-electron chi connectivity index (χ4n) is 3.91. The number of aromatic amines is 1. The molecular weight excluding hydrogens is 312 g/mol. The molecule has 0 spiro atoms. The van der Waals surface area contributed by atoms with Crippen molar-refractivity contribution in [2.45, 2.75) is 25.7 Å². The quantitative estimate of drug-likeness (QED) is 0.803. The first kappa shape index (κ1) is 14.4. The summed E-state index contributed by atoms with van der Waals surface area (Å²) < 4.78 is 0. The maximum absolute atomic E-state index is 12.4. The minimum absolute atomic E-state index is 0.102. The summed E-state index contributed by atoms with van der Waals surface area (Å²) in [7, 11) is 0. The van der Waals surface area contributed by atoms with Gasteiger partial charge in [-0.3, -0.25) is 9.59 Å². The Morgan fingerprint density at radius 1 is 1.35 bits per heavy atom. The van der Waals surface area contributed by atoms with E-state index in [0.717, 1.165) is 23.6 Å². The van der Waals surface area contributed by atoms with Gasteiger partial charge in [0.1, 0.15) is 5.69 Å². The molecule has 0 radical (unpaired) electrons. The highest BCUT2D eigenvalue weighted by molar-refractivity contribution is 7.14. The molecule has 4 N–H and O–H groups in total. The first-order valence-corrected chi connectivity index (χ1v) is 8.73. The number of rotatable bonds is 4. The van der Waals surface area contributed by atoms with Gasteiger partial charge >= 0.3 is 0 Å². The van der Waals surface area contributed by atoms with E-state index in [-0.39, 0.29) is 11.8 Å². The molecule has 4 rings (SSSR count). The predicted octanol–water partition coefficient (Wildman–Crippen LogP) is 2.61. The van der Waals surface area contributed by atoms with Crippen molar-refractivity contribution in [1.82, 2.24) is 9.97 Å². The van der Waals surface area contributed by atoms with E-state index in [0.29, 0.717) is 16.7 Å². The number of nitrogens with one attached hydrogen (secondary N) is 2. The number of carbonyl (C=O) groups excluding carboxylic acids is 2. The summed E-state index contributed by atoms with van der Waals surface area (Å²) in [5.41, 5.74) is 7.09. The van der Waals surface area contributed by atoms with Crippen LogP contribution in [0, 0.1) is 17.8 Å². The molecule has 2 fully saturated rings. The molecule has 3 atom stereocenters. The van der Waals surface area contributed by atoms with E-state index in [4.69, 9.17) is 5.73 Å². The first-order valence-electron chi connectivity index (χ1n) is 7.85. The van der Waals surface area contributed by atoms with Gasteiger partial charge in [-0.1, -0.05) is 6.42 Å². The fourth-order valence-corrected chi connectivity index (χ4v) is 4.63. The number of H-pyrrole nitrogens is 1. The van der Waals surface area contributed by atoms with Crippen LogP contribution < -0.4 is 11.1 Å². The number of nitrogens with two attached hydrogens (primary N) is 1. The van der Waals surface area contributed by atoms with Crippen molar-refractivity contribution >= 4 is 28.3 Å². The minimum Gasteiger partial charge on any atom is -0.364 e. The van der Waals surface area contributed by atoms with E-state index in [9.17, 15) is 9.59 Å². The Kier molecular flexibility index (Phi) is 3.45. The predicted molar refractivity (Wildman–Crippen MR) is 88.0 cm³/mol. The summed E-state index contributed by atoms with van der Waals surface area (Å²) >= 11 is 1.40. The van der Waals surface area contributed by atoms with Gasteiger partial charge in [-0.25, -0.2) is 4.98 Å². The number of hydrogen-bond donors (Lipinski definition) is 3. The molecule has 0 aliphatic heterocycles. The lowest BCUT2D eigenvalue weighted by molar-refractivity contribution is -0.121. The highest BCUT2D eigenvalue weighted by Gasteiger charge is 2.43. The smallest absolute Gasteiger partial charge is 0.265 e. The normalized spacial score (nSPS) is 25.7. The van der Waals surface area contributed by atoms with E-state index < -0.39 is 5.91 Å². The molecule has 2 aromatic heterocycles. The number of fused-ring (bicyclic) bond motifs is 2. The van der Waals surface area contributed by atoms with Crippen molar-refractivity contribution in [2.75, 3.05) is 5.32 Å². The number of carbonyl (C=O) groups is 2. The molecule has 7 heteroatoms. The summed E-state index contributed by atoms with van der Waals surface area (Å²) in [5.74, 6) is 1.05. The Labute approximate surface area is 137 Å². The third-order valence-electron chi connectivity index (χ3n) is 5.05. The van der Waals surface area contributed by atoms with Gasteiger partial charge in [0, 0.05) is 23.1 Å². The molecule has 2 amide bonds. The number of primary amides is 1. The molecule has 2 saturated carbocycles. The van der Waals surface area contributed by atoms with Crippen LogP contribution in [-0.2, 0) is 4.79 Å². The second-order valence-corrected chi connectivity index (χ2v) is 7.33. The van der Waals surface area contributed by atoms with Crippen LogP contribution in [-0.4, -0.2) is 21.8 Å². The Morgan fingerprint density at radius 3 is 2.87 bits per heavy atom. The van der Waals surface area contributed by atoms with Crippen molar-refractivity contribution in [2.24, 2.45) is 23.5 Å². The van der Waals surface area contributed by atoms with Crippen LogP contribution in [0.25, 0.3) is 11.3 Å². The van der Waals surface area contributed by atoms with Crippen LogP contribution in [0.2, 0.25) is 0 Å². The zero-order valence-electron chi connectivity index (χ0n) is 12.5. The standard InChI is InChI=1S/C16H18N4O2S/c17-14(21)12-5-10(6-18-12)13-7-23-16(19-13)20-15(22)11-4-8-1-2-9(11)3-8/h5-9,11,18H,1-4H2,(H2,17,21)(H,19,20,22). The van der Waals surface area contributed by atoms with Gasteiger partial charge in [-0.05, 0) is 37.2 Å². The van der Waals surface area contributed by atoms with Crippen LogP contribution >= 0.6 is 11.3 Å². The van der Waals surface area contributed by atoms with E-state index in [1.54, 1.807) is 12.3 Å². The average molecular weight is 330 g/mol.